The van der Waals surface area contributed by atoms with Crippen LogP contribution in [0.5, 0.6) is 0 Å². The topological polar surface area (TPSA) is 52.9 Å². The Kier molecular flexibility index (Phi) is 7.65. The van der Waals surface area contributed by atoms with Crippen molar-refractivity contribution in [1.29, 1.82) is 0 Å². The summed E-state index contributed by atoms with van der Waals surface area (Å²) in [6.45, 7) is 8.70. The van der Waals surface area contributed by atoms with Crippen LogP contribution in [-0.2, 0) is 6.54 Å². The lowest BCUT2D eigenvalue weighted by atomic mass is 10.1. The fourth-order valence-electron chi connectivity index (χ4n) is 4.97. The standard InChI is InChI=1S/C31H32FN5O/c1-23-20-27(24(2)37(23)30-11-7-6-10-29(30)32)21-33-34-31(38)26-14-12-25(13-15-26)22-35-16-18-36(19-17-35)28-8-4-3-5-9-28/h3-15,20-21H,16-19,22H2,1-2H3,(H,34,38)/b33-21-. The molecule has 6 nitrogen and oxygen atoms in total. The fraction of sp³-hybridized carbons (Fsp3) is 0.226. The van der Waals surface area contributed by atoms with Gasteiger partial charge in [0.2, 0.25) is 0 Å². The summed E-state index contributed by atoms with van der Waals surface area (Å²) in [5.41, 5.74) is 8.65. The molecular formula is C31H32FN5O. The highest BCUT2D eigenvalue weighted by molar-refractivity contribution is 5.95. The Morgan fingerprint density at radius 3 is 2.32 bits per heavy atom. The number of nitrogens with zero attached hydrogens (tertiary/aromatic N) is 4. The molecule has 1 aliphatic heterocycles. The number of aromatic nitrogens is 1. The number of rotatable bonds is 7. The molecule has 1 aliphatic rings. The van der Waals surface area contributed by atoms with Crippen LogP contribution in [0.2, 0.25) is 0 Å². The lowest BCUT2D eigenvalue weighted by Gasteiger charge is -2.36. The minimum absolute atomic E-state index is 0.271. The van der Waals surface area contributed by atoms with Crippen LogP contribution in [-0.4, -0.2) is 47.8 Å². The Bertz CT molecular complexity index is 1420. The number of benzene rings is 3. The van der Waals surface area contributed by atoms with Gasteiger partial charge in [-0.15, -0.1) is 0 Å². The summed E-state index contributed by atoms with van der Waals surface area (Å²) in [5, 5.41) is 4.15. The van der Waals surface area contributed by atoms with Gasteiger partial charge in [0.1, 0.15) is 5.82 Å². The van der Waals surface area contributed by atoms with Gasteiger partial charge < -0.3 is 9.47 Å². The second-order valence-electron chi connectivity index (χ2n) is 9.61. The number of amides is 1. The van der Waals surface area contributed by atoms with Crippen molar-refractivity contribution in [3.8, 4) is 5.69 Å². The Balaban J connectivity index is 1.15. The van der Waals surface area contributed by atoms with Crippen LogP contribution in [0.4, 0.5) is 10.1 Å². The Morgan fingerprint density at radius 2 is 1.61 bits per heavy atom. The van der Waals surface area contributed by atoms with E-state index >= 15 is 0 Å². The number of carbonyl (C=O) groups is 1. The van der Waals surface area contributed by atoms with E-state index < -0.39 is 0 Å². The predicted octanol–water partition coefficient (Wildman–Crippen LogP) is 5.32. The third kappa shape index (κ3) is 5.68. The second-order valence-corrected chi connectivity index (χ2v) is 9.61. The first-order valence-electron chi connectivity index (χ1n) is 12.9. The van der Waals surface area contributed by atoms with E-state index in [1.165, 1.54) is 17.3 Å². The maximum atomic E-state index is 14.3. The first-order valence-corrected chi connectivity index (χ1v) is 12.9. The fourth-order valence-corrected chi connectivity index (χ4v) is 4.97. The predicted molar refractivity (Wildman–Crippen MR) is 151 cm³/mol. The zero-order valence-corrected chi connectivity index (χ0v) is 21.8. The van der Waals surface area contributed by atoms with Gasteiger partial charge in [-0.25, -0.2) is 9.82 Å². The van der Waals surface area contributed by atoms with Crippen LogP contribution < -0.4 is 10.3 Å². The van der Waals surface area contributed by atoms with Crippen molar-refractivity contribution < 1.29 is 9.18 Å². The number of piperazine rings is 1. The van der Waals surface area contributed by atoms with Gasteiger partial charge in [-0.1, -0.05) is 42.5 Å². The van der Waals surface area contributed by atoms with Crippen molar-refractivity contribution in [3.63, 3.8) is 0 Å². The number of nitrogens with one attached hydrogen (secondary N) is 1. The molecule has 0 unspecified atom stereocenters. The van der Waals surface area contributed by atoms with E-state index in [4.69, 9.17) is 0 Å². The van der Waals surface area contributed by atoms with Gasteiger partial charge in [0, 0.05) is 60.9 Å². The SMILES string of the molecule is Cc1cc(/C=N\NC(=O)c2ccc(CN3CCN(c4ccccc4)CC3)cc2)c(C)n1-c1ccccc1F. The largest absolute Gasteiger partial charge is 0.369 e. The van der Waals surface area contributed by atoms with Gasteiger partial charge in [-0.2, -0.15) is 5.10 Å². The van der Waals surface area contributed by atoms with Crippen LogP contribution in [0.3, 0.4) is 0 Å². The lowest BCUT2D eigenvalue weighted by Crippen LogP contribution is -2.45. The Morgan fingerprint density at radius 1 is 0.921 bits per heavy atom. The summed E-state index contributed by atoms with van der Waals surface area (Å²) < 4.78 is 16.2. The minimum Gasteiger partial charge on any atom is -0.369 e. The zero-order valence-electron chi connectivity index (χ0n) is 21.8. The van der Waals surface area contributed by atoms with Crippen LogP contribution in [0, 0.1) is 19.7 Å². The molecule has 7 heteroatoms. The number of aryl methyl sites for hydroxylation is 1. The highest BCUT2D eigenvalue weighted by Crippen LogP contribution is 2.22. The molecule has 0 radical (unpaired) electrons. The molecule has 0 saturated carbocycles. The van der Waals surface area contributed by atoms with E-state index in [0.717, 1.165) is 49.7 Å². The van der Waals surface area contributed by atoms with Gasteiger partial charge in [-0.05, 0) is 61.9 Å². The van der Waals surface area contributed by atoms with E-state index in [-0.39, 0.29) is 11.7 Å². The zero-order chi connectivity index (χ0) is 26.5. The molecule has 0 spiro atoms. The van der Waals surface area contributed by atoms with Crippen molar-refractivity contribution in [2.75, 3.05) is 31.1 Å². The molecule has 4 aromatic rings. The number of halogens is 1. The molecule has 5 rings (SSSR count). The maximum absolute atomic E-state index is 14.3. The highest BCUT2D eigenvalue weighted by atomic mass is 19.1. The van der Waals surface area contributed by atoms with E-state index in [2.05, 4.69) is 44.6 Å². The van der Waals surface area contributed by atoms with Crippen molar-refractivity contribution in [2.45, 2.75) is 20.4 Å². The molecule has 38 heavy (non-hydrogen) atoms. The molecule has 2 heterocycles. The van der Waals surface area contributed by atoms with E-state index in [1.807, 2.05) is 60.9 Å². The van der Waals surface area contributed by atoms with Gasteiger partial charge in [0.05, 0.1) is 11.9 Å². The molecule has 1 N–H and O–H groups in total. The molecule has 194 valence electrons. The molecule has 1 saturated heterocycles. The van der Waals surface area contributed by atoms with Gasteiger partial charge >= 0.3 is 0 Å². The van der Waals surface area contributed by atoms with E-state index in [1.54, 1.807) is 18.3 Å². The first kappa shape index (κ1) is 25.4. The lowest BCUT2D eigenvalue weighted by molar-refractivity contribution is 0.0955. The van der Waals surface area contributed by atoms with Crippen molar-refractivity contribution in [3.05, 3.63) is 119 Å². The quantitative estimate of drug-likeness (QED) is 0.271. The van der Waals surface area contributed by atoms with Gasteiger partial charge in [0.15, 0.2) is 0 Å². The average Bonchev–Trinajstić information content (AvgIpc) is 3.22. The highest BCUT2D eigenvalue weighted by Gasteiger charge is 2.17. The molecule has 1 fully saturated rings. The number of carbonyl (C=O) groups excluding carboxylic acids is 1. The second kappa shape index (κ2) is 11.4. The van der Waals surface area contributed by atoms with E-state index in [9.17, 15) is 9.18 Å². The maximum Gasteiger partial charge on any atom is 0.271 e. The minimum atomic E-state index is -0.288. The average molecular weight is 510 g/mol. The van der Waals surface area contributed by atoms with Crippen molar-refractivity contribution in [2.24, 2.45) is 5.10 Å². The summed E-state index contributed by atoms with van der Waals surface area (Å²) >= 11 is 0. The van der Waals surface area contributed by atoms with Crippen LogP contribution in [0.25, 0.3) is 5.69 Å². The monoisotopic (exact) mass is 509 g/mol. The summed E-state index contributed by atoms with van der Waals surface area (Å²) in [4.78, 5) is 17.5. The number of anilines is 1. The van der Waals surface area contributed by atoms with Crippen molar-refractivity contribution in [1.82, 2.24) is 14.9 Å². The summed E-state index contributed by atoms with van der Waals surface area (Å²) in [6, 6.07) is 26.8. The third-order valence-corrected chi connectivity index (χ3v) is 7.05. The number of hydrogen-bond acceptors (Lipinski definition) is 4. The number of hydrogen-bond donors (Lipinski definition) is 1. The van der Waals surface area contributed by atoms with E-state index in [0.29, 0.717) is 11.3 Å². The van der Waals surface area contributed by atoms with Crippen LogP contribution in [0.15, 0.2) is 90.0 Å². The molecule has 0 bridgehead atoms. The Labute approximate surface area is 223 Å². The molecule has 1 amide bonds. The number of hydrazone groups is 1. The molecule has 0 aliphatic carbocycles. The molecule has 1 aromatic heterocycles. The normalized spacial score (nSPS) is 14.2. The summed E-state index contributed by atoms with van der Waals surface area (Å²) in [5.74, 6) is -0.559. The summed E-state index contributed by atoms with van der Waals surface area (Å²) in [7, 11) is 0. The van der Waals surface area contributed by atoms with Crippen molar-refractivity contribution >= 4 is 17.8 Å². The molecule has 3 aromatic carbocycles. The third-order valence-electron chi connectivity index (χ3n) is 7.05. The van der Waals surface area contributed by atoms with Crippen LogP contribution >= 0.6 is 0 Å². The summed E-state index contributed by atoms with van der Waals surface area (Å²) in [6.07, 6.45) is 1.60. The van der Waals surface area contributed by atoms with Crippen LogP contribution in [0.1, 0.15) is 32.9 Å². The number of para-hydroxylation sites is 2. The van der Waals surface area contributed by atoms with Gasteiger partial charge in [0.25, 0.3) is 5.91 Å². The molecular weight excluding hydrogens is 477 g/mol. The smallest absolute Gasteiger partial charge is 0.271 e. The molecule has 0 atom stereocenters. The first-order chi connectivity index (χ1) is 18.5. The Hall–Kier alpha value is -4.23. The van der Waals surface area contributed by atoms with Gasteiger partial charge in [-0.3, -0.25) is 9.69 Å².